The van der Waals surface area contributed by atoms with Gasteiger partial charge in [-0.25, -0.2) is 0 Å². The number of aliphatic hydroxyl groups is 1. The number of fused-ring (bicyclic) bond motifs is 8. The first-order chi connectivity index (χ1) is 18.3. The third-order valence-corrected chi connectivity index (χ3v) is 7.64. The number of rotatable bonds is 1. The highest BCUT2D eigenvalue weighted by Gasteiger charge is 2.47. The number of allylic oxidation sites excluding steroid dienone is 4. The highest BCUT2D eigenvalue weighted by atomic mass is 16.2. The molecule has 1 N–H and O–H groups in total. The van der Waals surface area contributed by atoms with E-state index in [0.29, 0.717) is 0 Å². The molecule has 2 aliphatic carbocycles. The van der Waals surface area contributed by atoms with Crippen molar-refractivity contribution in [1.29, 1.82) is 0 Å². The smallest absolute Gasteiger partial charge is 0.0713 e. The summed E-state index contributed by atoms with van der Waals surface area (Å²) in [7, 11) is 1.00. The van der Waals surface area contributed by atoms with Crippen molar-refractivity contribution in [2.45, 2.75) is 5.41 Å². The van der Waals surface area contributed by atoms with Crippen LogP contribution in [0, 0.1) is 0 Å². The number of hydrogen-bond acceptors (Lipinski definition) is 1. The monoisotopic (exact) mass is 476 g/mol. The molecule has 37 heavy (non-hydrogen) atoms. The maximum Gasteiger partial charge on any atom is 0.0713 e. The maximum atomic E-state index is 7.00. The summed E-state index contributed by atoms with van der Waals surface area (Å²) >= 11 is 0. The molecule has 0 aromatic heterocycles. The van der Waals surface area contributed by atoms with Crippen LogP contribution in [-0.4, -0.2) is 12.2 Å². The van der Waals surface area contributed by atoms with E-state index in [1.165, 1.54) is 55.3 Å². The molecule has 1 heteroatoms. The van der Waals surface area contributed by atoms with Gasteiger partial charge in [-0.1, -0.05) is 122 Å². The van der Waals surface area contributed by atoms with Crippen LogP contribution in [0.15, 0.2) is 140 Å². The fourth-order valence-electron chi connectivity index (χ4n) is 6.07. The van der Waals surface area contributed by atoms with Gasteiger partial charge in [0.25, 0.3) is 0 Å². The van der Waals surface area contributed by atoms with Crippen LogP contribution in [0.4, 0.5) is 0 Å². The molecule has 0 heterocycles. The van der Waals surface area contributed by atoms with E-state index in [1.807, 2.05) is 0 Å². The standard InChI is InChI=1S/C35H24.CH4O/c1-24-11-5-6-14-26-15-9-10-18-32(26)35(24)33-20-19-29(25-12-3-2-4-13-25)22-30(33)31-21-27-16-7-8-17-28(27)23-34(31)35;1-2/h2-23H,1H2;2H,1H3/b11-5-,14-6-;. The summed E-state index contributed by atoms with van der Waals surface area (Å²) in [5.41, 5.74) is 10.9. The van der Waals surface area contributed by atoms with Crippen molar-refractivity contribution >= 4 is 16.8 Å². The normalized spacial score (nSPS) is 18.6. The van der Waals surface area contributed by atoms with E-state index in [4.69, 9.17) is 5.11 Å². The fraction of sp³-hybridized carbons (Fsp3) is 0.0556. The maximum absolute atomic E-state index is 7.00. The van der Waals surface area contributed by atoms with Crippen LogP contribution < -0.4 is 0 Å². The van der Waals surface area contributed by atoms with Crippen molar-refractivity contribution in [1.82, 2.24) is 0 Å². The van der Waals surface area contributed by atoms with Gasteiger partial charge in [0, 0.05) is 7.11 Å². The molecule has 1 atom stereocenters. The van der Waals surface area contributed by atoms with Gasteiger partial charge in [-0.2, -0.15) is 0 Å². The Morgan fingerprint density at radius 1 is 0.541 bits per heavy atom. The zero-order valence-corrected chi connectivity index (χ0v) is 20.9. The van der Waals surface area contributed by atoms with E-state index in [1.54, 1.807) is 0 Å². The molecular formula is C36H28O. The van der Waals surface area contributed by atoms with Crippen LogP contribution in [0.1, 0.15) is 22.3 Å². The van der Waals surface area contributed by atoms with E-state index in [2.05, 4.69) is 140 Å². The van der Waals surface area contributed by atoms with Crippen LogP contribution in [0.25, 0.3) is 39.1 Å². The molecule has 7 rings (SSSR count). The average molecular weight is 477 g/mol. The zero-order valence-electron chi connectivity index (χ0n) is 20.9. The third-order valence-electron chi connectivity index (χ3n) is 7.64. The van der Waals surface area contributed by atoms with Crippen LogP contribution in [0.3, 0.4) is 0 Å². The molecule has 2 aliphatic rings. The van der Waals surface area contributed by atoms with Gasteiger partial charge in [-0.05, 0) is 79.1 Å². The third kappa shape index (κ3) is 3.43. The summed E-state index contributed by atoms with van der Waals surface area (Å²) in [5, 5.41) is 9.52. The van der Waals surface area contributed by atoms with Gasteiger partial charge in [0.15, 0.2) is 0 Å². The van der Waals surface area contributed by atoms with E-state index in [9.17, 15) is 0 Å². The lowest BCUT2D eigenvalue weighted by molar-refractivity contribution is 0.399. The highest BCUT2D eigenvalue weighted by Crippen LogP contribution is 2.58. The molecule has 0 amide bonds. The molecule has 0 bridgehead atoms. The Labute approximate surface area is 218 Å². The first kappa shape index (κ1) is 23.0. The van der Waals surface area contributed by atoms with E-state index in [0.717, 1.165) is 12.7 Å². The lowest BCUT2D eigenvalue weighted by atomic mass is 9.65. The van der Waals surface area contributed by atoms with E-state index in [-0.39, 0.29) is 0 Å². The Morgan fingerprint density at radius 2 is 1.19 bits per heavy atom. The molecule has 178 valence electrons. The van der Waals surface area contributed by atoms with Gasteiger partial charge in [-0.15, -0.1) is 0 Å². The largest absolute Gasteiger partial charge is 0.400 e. The summed E-state index contributed by atoms with van der Waals surface area (Å²) < 4.78 is 0. The minimum Gasteiger partial charge on any atom is -0.400 e. The lowest BCUT2D eigenvalue weighted by Gasteiger charge is -2.36. The fourth-order valence-corrected chi connectivity index (χ4v) is 6.07. The van der Waals surface area contributed by atoms with E-state index >= 15 is 0 Å². The van der Waals surface area contributed by atoms with Gasteiger partial charge < -0.3 is 5.11 Å². The minimum absolute atomic E-state index is 0.443. The van der Waals surface area contributed by atoms with Gasteiger partial charge in [-0.3, -0.25) is 0 Å². The topological polar surface area (TPSA) is 20.2 Å². The Balaban J connectivity index is 0.00000123. The van der Waals surface area contributed by atoms with Crippen molar-refractivity contribution in [3.63, 3.8) is 0 Å². The predicted molar refractivity (Wildman–Crippen MR) is 157 cm³/mol. The molecule has 0 radical (unpaired) electrons. The summed E-state index contributed by atoms with van der Waals surface area (Å²) in [6, 6.07) is 39.9. The van der Waals surface area contributed by atoms with Crippen LogP contribution in [-0.2, 0) is 5.41 Å². The van der Waals surface area contributed by atoms with Crippen molar-refractivity contribution in [3.05, 3.63) is 162 Å². The van der Waals surface area contributed by atoms with Crippen LogP contribution >= 0.6 is 0 Å². The lowest BCUT2D eigenvalue weighted by Crippen LogP contribution is -2.29. The summed E-state index contributed by atoms with van der Waals surface area (Å²) in [6.45, 7) is 4.69. The van der Waals surface area contributed by atoms with Crippen molar-refractivity contribution in [2.75, 3.05) is 7.11 Å². The quantitative estimate of drug-likeness (QED) is 0.257. The Hall–Kier alpha value is -4.46. The second-order valence-electron chi connectivity index (χ2n) is 9.45. The second-order valence-corrected chi connectivity index (χ2v) is 9.45. The Kier molecular flexibility index (Phi) is 5.71. The molecule has 0 aliphatic heterocycles. The van der Waals surface area contributed by atoms with Gasteiger partial charge in [0.05, 0.1) is 5.41 Å². The van der Waals surface area contributed by atoms with Crippen LogP contribution in [0.2, 0.25) is 0 Å². The Morgan fingerprint density at radius 3 is 2.00 bits per heavy atom. The second kappa shape index (κ2) is 9.20. The molecule has 0 saturated heterocycles. The van der Waals surface area contributed by atoms with Gasteiger partial charge in [0.2, 0.25) is 0 Å². The van der Waals surface area contributed by atoms with E-state index < -0.39 is 5.41 Å². The summed E-state index contributed by atoms with van der Waals surface area (Å²) in [5.74, 6) is 0. The SMILES string of the molecule is C=C1/C=C\C=C/c2ccccc2C12c1ccc(-c3ccccc3)cc1-c1cc3ccccc3cc12.CO. The summed E-state index contributed by atoms with van der Waals surface area (Å²) in [6.07, 6.45) is 8.65. The zero-order chi connectivity index (χ0) is 25.4. The molecule has 1 spiro atoms. The van der Waals surface area contributed by atoms with Gasteiger partial charge >= 0.3 is 0 Å². The van der Waals surface area contributed by atoms with Gasteiger partial charge in [0.1, 0.15) is 0 Å². The number of hydrogen-bond donors (Lipinski definition) is 1. The molecule has 0 saturated carbocycles. The first-order valence-corrected chi connectivity index (χ1v) is 12.6. The average Bonchev–Trinajstić information content (AvgIpc) is 3.24. The Bertz CT molecular complexity index is 1700. The highest BCUT2D eigenvalue weighted by molar-refractivity contribution is 5.97. The molecule has 5 aromatic carbocycles. The molecule has 1 unspecified atom stereocenters. The number of aliphatic hydroxyl groups excluding tert-OH is 1. The minimum atomic E-state index is -0.443. The summed E-state index contributed by atoms with van der Waals surface area (Å²) in [4.78, 5) is 0. The molecule has 5 aromatic rings. The molecule has 1 nitrogen and oxygen atoms in total. The van der Waals surface area contributed by atoms with Crippen molar-refractivity contribution < 1.29 is 5.11 Å². The molecule has 0 fully saturated rings. The predicted octanol–water partition coefficient (Wildman–Crippen LogP) is 8.57. The number of benzene rings is 5. The van der Waals surface area contributed by atoms with Crippen LogP contribution in [0.5, 0.6) is 0 Å². The first-order valence-electron chi connectivity index (χ1n) is 12.6. The van der Waals surface area contributed by atoms with Crippen molar-refractivity contribution in [2.24, 2.45) is 0 Å². The van der Waals surface area contributed by atoms with Crippen molar-refractivity contribution in [3.8, 4) is 22.3 Å². The molecular weight excluding hydrogens is 448 g/mol.